The van der Waals surface area contributed by atoms with E-state index in [2.05, 4.69) is 0 Å². The van der Waals surface area contributed by atoms with E-state index in [0.717, 1.165) is 0 Å². The van der Waals surface area contributed by atoms with E-state index < -0.39 is 0 Å². The van der Waals surface area contributed by atoms with Crippen LogP contribution in [0.3, 0.4) is 0 Å². The average Bonchev–Trinajstić information content (AvgIpc) is 0. The van der Waals surface area contributed by atoms with Gasteiger partial charge in [-0.3, -0.25) is 0 Å². The predicted octanol–water partition coefficient (Wildman–Crippen LogP) is -4.47. The minimum absolute atomic E-state index is 0. The molecule has 4 heavy (non-hydrogen) atoms. The molecule has 0 rings (SSSR count). The van der Waals surface area contributed by atoms with Gasteiger partial charge in [0.2, 0.25) is 0 Å². The first kappa shape index (κ1) is 28.8. The molecule has 0 N–H and O–H groups in total. The van der Waals surface area contributed by atoms with Crippen molar-refractivity contribution < 1.29 is 0 Å². The molecule has 0 spiro atoms. The van der Waals surface area contributed by atoms with Gasteiger partial charge in [0.15, 0.2) is 52.1 Å². The maximum atomic E-state index is 0. The Bertz CT molecular complexity index is 3.25. The van der Waals surface area contributed by atoms with E-state index in [9.17, 15) is 0 Å². The van der Waals surface area contributed by atoms with Gasteiger partial charge < -0.3 is 0 Å². The number of hydrogen-bond donors (Lipinski definition) is 0. The summed E-state index contributed by atoms with van der Waals surface area (Å²) in [6.07, 6.45) is 0. The Balaban J connectivity index is 0. The van der Waals surface area contributed by atoms with Crippen molar-refractivity contribution in [2.45, 2.75) is 0 Å². The third-order valence-corrected chi connectivity index (χ3v) is 0. The van der Waals surface area contributed by atoms with Crippen LogP contribution in [0.15, 0.2) is 0 Å². The van der Waals surface area contributed by atoms with Gasteiger partial charge in [-0.25, -0.2) is 0 Å². The molecule has 0 unspecified atom stereocenters. The van der Waals surface area contributed by atoms with E-state index in [-0.39, 0.29) is 89.8 Å². The van der Waals surface area contributed by atoms with Crippen molar-refractivity contribution in [3.63, 3.8) is 0 Å². The summed E-state index contributed by atoms with van der Waals surface area (Å²) in [6.45, 7) is 0. The Hall–Kier alpha value is 2.86. The molecule has 0 heterocycles. The third kappa shape index (κ3) is 8.85. The first-order valence-corrected chi connectivity index (χ1v) is 0. The van der Waals surface area contributed by atoms with Crippen LogP contribution in [-0.4, -0.2) is 89.8 Å². The molecule has 22 valence electrons. The second-order valence-electron chi connectivity index (χ2n) is 0. The average molecular weight is 132 g/mol. The Kier molecular flexibility index (Phi) is 122. The summed E-state index contributed by atoms with van der Waals surface area (Å²) in [5.41, 5.74) is 0. The second-order valence-corrected chi connectivity index (χ2v) is 0. The zero-order valence-corrected chi connectivity index (χ0v) is 0. The van der Waals surface area contributed by atoms with E-state index in [1.165, 1.54) is 0 Å². The van der Waals surface area contributed by atoms with Crippen molar-refractivity contribution >= 4 is 89.8 Å². The molecule has 0 radical (unpaired) electrons. The third-order valence-electron chi connectivity index (χ3n) is 0. The van der Waals surface area contributed by atoms with Crippen LogP contribution in [0.2, 0.25) is 0 Å². The van der Waals surface area contributed by atoms with E-state index in [1.807, 2.05) is 0 Å². The monoisotopic (exact) mass is 132 g/mol. The van der Waals surface area contributed by atoms with E-state index in [4.69, 9.17) is 0 Å². The van der Waals surface area contributed by atoms with E-state index >= 15 is 0 Å². The number of hydrogen-bond acceptors (Lipinski definition) is 0. The van der Waals surface area contributed by atoms with Gasteiger partial charge in [0.25, 0.3) is 0 Å². The first-order chi connectivity index (χ1) is 0. The van der Waals surface area contributed by atoms with E-state index in [1.54, 1.807) is 0 Å². The predicted molar refractivity (Wildman–Crippen MR) is 38.4 cm³/mol. The Labute approximate surface area is 88.1 Å². The molecular formula is H11Al3Ca. The van der Waals surface area contributed by atoms with Gasteiger partial charge in [-0.1, -0.05) is 0 Å². The van der Waals surface area contributed by atoms with Crippen molar-refractivity contribution in [3.05, 3.63) is 0 Å². The molecule has 0 amide bonds. The molecule has 0 saturated heterocycles. The zero-order chi connectivity index (χ0) is 0. The van der Waals surface area contributed by atoms with Crippen LogP contribution >= 0.6 is 0 Å². The molecule has 0 saturated carbocycles. The van der Waals surface area contributed by atoms with Crippen LogP contribution in [0.4, 0.5) is 0 Å². The van der Waals surface area contributed by atoms with Crippen molar-refractivity contribution in [1.29, 1.82) is 0 Å². The van der Waals surface area contributed by atoms with Gasteiger partial charge in [0.05, 0.1) is 0 Å². The number of rotatable bonds is 0. The molecule has 4 heteroatoms. The molecule has 0 atom stereocenters. The zero-order valence-electron chi connectivity index (χ0n) is 0. The SMILES string of the molecule is [AlH3].[AlH3].[AlH3].[CaH2]. The second kappa shape index (κ2) is 16.9. The van der Waals surface area contributed by atoms with Gasteiger partial charge >= 0.3 is 37.7 Å². The van der Waals surface area contributed by atoms with Gasteiger partial charge in [-0.2, -0.15) is 0 Å². The normalized spacial score (nSPS) is 0. The van der Waals surface area contributed by atoms with Crippen molar-refractivity contribution in [2.24, 2.45) is 0 Å². The molecule has 0 aromatic rings. The molecule has 0 aromatic heterocycles. The summed E-state index contributed by atoms with van der Waals surface area (Å²) in [5, 5.41) is 0. The fraction of sp³-hybridized carbons (Fsp3) is 0. The molecule has 0 fully saturated rings. The summed E-state index contributed by atoms with van der Waals surface area (Å²) in [4.78, 5) is 0. The molecule has 0 aliphatic heterocycles. The molecule has 0 aromatic carbocycles. The van der Waals surface area contributed by atoms with Crippen LogP contribution in [-0.2, 0) is 0 Å². The Morgan fingerprint density at radius 1 is 0.500 bits per heavy atom. The van der Waals surface area contributed by atoms with Gasteiger partial charge in [-0.05, 0) is 0 Å². The molecule has 0 aliphatic rings. The van der Waals surface area contributed by atoms with Crippen LogP contribution in [0.5, 0.6) is 0 Å². The van der Waals surface area contributed by atoms with Gasteiger partial charge in [0, 0.05) is 0 Å². The fourth-order valence-electron chi connectivity index (χ4n) is 0. The van der Waals surface area contributed by atoms with Crippen LogP contribution in [0, 0.1) is 0 Å². The summed E-state index contributed by atoms with van der Waals surface area (Å²) >= 11 is 0. The van der Waals surface area contributed by atoms with Gasteiger partial charge in [-0.15, -0.1) is 0 Å². The van der Waals surface area contributed by atoms with Crippen LogP contribution in [0.25, 0.3) is 0 Å². The topological polar surface area (TPSA) is 0 Å². The fourth-order valence-corrected chi connectivity index (χ4v) is 0. The van der Waals surface area contributed by atoms with Gasteiger partial charge in [0.1, 0.15) is 0 Å². The van der Waals surface area contributed by atoms with Crippen LogP contribution < -0.4 is 0 Å². The van der Waals surface area contributed by atoms with Crippen molar-refractivity contribution in [2.75, 3.05) is 0 Å². The Morgan fingerprint density at radius 3 is 0.500 bits per heavy atom. The molecule has 0 bridgehead atoms. The molecule has 0 nitrogen and oxygen atoms in total. The summed E-state index contributed by atoms with van der Waals surface area (Å²) < 4.78 is 0. The van der Waals surface area contributed by atoms with Crippen molar-refractivity contribution in [1.82, 2.24) is 0 Å². The quantitative estimate of drug-likeness (QED) is 0.292. The Morgan fingerprint density at radius 2 is 0.500 bits per heavy atom. The minimum atomic E-state index is 0. The first-order valence-electron chi connectivity index (χ1n) is 0. The van der Waals surface area contributed by atoms with E-state index in [0.29, 0.717) is 0 Å². The molecule has 0 aliphatic carbocycles. The molecular weight excluding hydrogens is 121 g/mol. The van der Waals surface area contributed by atoms with Crippen molar-refractivity contribution in [3.8, 4) is 0 Å². The maximum absolute atomic E-state index is 0. The van der Waals surface area contributed by atoms with Crippen LogP contribution in [0.1, 0.15) is 0 Å². The summed E-state index contributed by atoms with van der Waals surface area (Å²) in [7, 11) is 0. The standard InChI is InChI=1S/3Al.Ca.11H. The summed E-state index contributed by atoms with van der Waals surface area (Å²) in [6, 6.07) is 0. The summed E-state index contributed by atoms with van der Waals surface area (Å²) in [5.74, 6) is 0.